The number of amides is 1. The number of nitrogens with one attached hydrogen (secondary N) is 1. The highest BCUT2D eigenvalue weighted by atomic mass is 16.3. The van der Waals surface area contributed by atoms with E-state index in [4.69, 9.17) is 4.42 Å². The van der Waals surface area contributed by atoms with Crippen LogP contribution in [0.4, 0.5) is 5.82 Å². The number of fused-ring (bicyclic) bond motifs is 2. The van der Waals surface area contributed by atoms with Gasteiger partial charge in [0.2, 0.25) is 0 Å². The summed E-state index contributed by atoms with van der Waals surface area (Å²) in [5.41, 5.74) is 4.48. The quantitative estimate of drug-likeness (QED) is 0.593. The van der Waals surface area contributed by atoms with Crippen molar-refractivity contribution in [3.05, 3.63) is 71.9 Å². The van der Waals surface area contributed by atoms with Crippen molar-refractivity contribution in [1.82, 2.24) is 19.9 Å². The highest BCUT2D eigenvalue weighted by molar-refractivity contribution is 6.04. The fourth-order valence-corrected chi connectivity index (χ4v) is 3.46. The van der Waals surface area contributed by atoms with E-state index in [2.05, 4.69) is 32.2 Å². The number of carbonyl (C=O) groups excluding carboxylic acids is 1. The van der Waals surface area contributed by atoms with Crippen LogP contribution in [0.25, 0.3) is 22.4 Å². The van der Waals surface area contributed by atoms with Crippen molar-refractivity contribution in [2.45, 2.75) is 13.1 Å². The van der Waals surface area contributed by atoms with Crippen LogP contribution in [0.15, 0.2) is 59.6 Å². The van der Waals surface area contributed by atoms with Gasteiger partial charge in [-0.3, -0.25) is 9.69 Å². The maximum absolute atomic E-state index is 12.7. The Morgan fingerprint density at radius 2 is 2.00 bits per heavy atom. The van der Waals surface area contributed by atoms with Crippen LogP contribution in [-0.4, -0.2) is 32.8 Å². The fraction of sp³-hybridized carbons (Fsp3) is 0.143. The van der Waals surface area contributed by atoms with Gasteiger partial charge in [0.1, 0.15) is 11.5 Å². The summed E-state index contributed by atoms with van der Waals surface area (Å²) in [5, 5.41) is 3.74. The summed E-state index contributed by atoms with van der Waals surface area (Å²) in [6, 6.07) is 11.4. The first-order chi connectivity index (χ1) is 13.7. The number of hydrogen-bond acceptors (Lipinski definition) is 6. The van der Waals surface area contributed by atoms with Gasteiger partial charge in [0.25, 0.3) is 5.91 Å². The minimum atomic E-state index is -0.185. The maximum Gasteiger partial charge on any atom is 0.256 e. The molecule has 0 bridgehead atoms. The van der Waals surface area contributed by atoms with E-state index in [1.807, 2.05) is 30.3 Å². The lowest BCUT2D eigenvalue weighted by atomic mass is 10.1. The number of nitrogens with zero attached hydrogens (tertiary/aromatic N) is 4. The lowest BCUT2D eigenvalue weighted by molar-refractivity contribution is 0.102. The standard InChI is InChI=1S/C21H17N5O2/c1-26-10-15-3-2-13(6-16(15)11-26)21(27)25-20-7-18-14(8-23-20)4-5-17(24-18)19-9-22-12-28-19/h2-9,12H,10-11H2,1H3,(H,23,25,27). The second-order valence-corrected chi connectivity index (χ2v) is 6.93. The van der Waals surface area contributed by atoms with Crippen LogP contribution in [0, 0.1) is 0 Å². The molecule has 3 aromatic heterocycles. The van der Waals surface area contributed by atoms with Gasteiger partial charge < -0.3 is 9.73 Å². The summed E-state index contributed by atoms with van der Waals surface area (Å²) in [6.45, 7) is 1.78. The minimum absolute atomic E-state index is 0.185. The molecular weight excluding hydrogens is 354 g/mol. The van der Waals surface area contributed by atoms with Gasteiger partial charge in [0, 0.05) is 36.3 Å². The van der Waals surface area contributed by atoms with E-state index in [9.17, 15) is 4.79 Å². The van der Waals surface area contributed by atoms with Crippen molar-refractivity contribution in [2.24, 2.45) is 0 Å². The number of pyridine rings is 2. The Morgan fingerprint density at radius 3 is 2.86 bits per heavy atom. The van der Waals surface area contributed by atoms with E-state index >= 15 is 0 Å². The third-order valence-corrected chi connectivity index (χ3v) is 4.85. The average Bonchev–Trinajstić information content (AvgIpc) is 3.35. The molecule has 0 atom stereocenters. The van der Waals surface area contributed by atoms with Gasteiger partial charge in [0.05, 0.1) is 11.7 Å². The van der Waals surface area contributed by atoms with Crippen molar-refractivity contribution in [3.8, 4) is 11.5 Å². The van der Waals surface area contributed by atoms with Gasteiger partial charge in [-0.2, -0.15) is 0 Å². The summed E-state index contributed by atoms with van der Waals surface area (Å²) in [6.07, 6.45) is 4.68. The lowest BCUT2D eigenvalue weighted by Crippen LogP contribution is -2.13. The van der Waals surface area contributed by atoms with Crippen LogP contribution in [0.3, 0.4) is 0 Å². The molecule has 0 spiro atoms. The second kappa shape index (κ2) is 6.54. The third kappa shape index (κ3) is 3.01. The molecule has 7 nitrogen and oxygen atoms in total. The van der Waals surface area contributed by atoms with E-state index in [1.165, 1.54) is 17.5 Å². The van der Waals surface area contributed by atoms with Gasteiger partial charge in [-0.05, 0) is 42.4 Å². The van der Waals surface area contributed by atoms with Gasteiger partial charge in [-0.15, -0.1) is 0 Å². The summed E-state index contributed by atoms with van der Waals surface area (Å²) in [7, 11) is 2.07. The predicted molar refractivity (Wildman–Crippen MR) is 105 cm³/mol. The Hall–Kier alpha value is -3.58. The molecular formula is C21H17N5O2. The highest BCUT2D eigenvalue weighted by Gasteiger charge is 2.17. The molecule has 0 saturated carbocycles. The zero-order chi connectivity index (χ0) is 19.1. The number of hydrogen-bond donors (Lipinski definition) is 1. The Morgan fingerprint density at radius 1 is 1.11 bits per heavy atom. The fourth-order valence-electron chi connectivity index (χ4n) is 3.46. The normalized spacial score (nSPS) is 13.6. The summed E-state index contributed by atoms with van der Waals surface area (Å²) >= 11 is 0. The molecule has 1 N–H and O–H groups in total. The predicted octanol–water partition coefficient (Wildman–Crippen LogP) is 3.48. The van der Waals surface area contributed by atoms with Crippen LogP contribution >= 0.6 is 0 Å². The van der Waals surface area contributed by atoms with Crippen molar-refractivity contribution < 1.29 is 9.21 Å². The number of rotatable bonds is 3. The van der Waals surface area contributed by atoms with Crippen LogP contribution in [0.1, 0.15) is 21.5 Å². The molecule has 4 aromatic rings. The van der Waals surface area contributed by atoms with E-state index in [0.717, 1.165) is 24.0 Å². The van der Waals surface area contributed by atoms with Crippen molar-refractivity contribution >= 4 is 22.6 Å². The summed E-state index contributed by atoms with van der Waals surface area (Å²) in [5.74, 6) is 0.861. The summed E-state index contributed by atoms with van der Waals surface area (Å²) in [4.78, 5) is 27.7. The molecule has 0 radical (unpaired) electrons. The van der Waals surface area contributed by atoms with Crippen molar-refractivity contribution in [1.29, 1.82) is 0 Å². The van der Waals surface area contributed by atoms with E-state index in [1.54, 1.807) is 18.5 Å². The largest absolute Gasteiger partial charge is 0.442 e. The Bertz CT molecular complexity index is 1190. The molecule has 0 saturated heterocycles. The first-order valence-corrected chi connectivity index (χ1v) is 8.93. The second-order valence-electron chi connectivity index (χ2n) is 6.93. The van der Waals surface area contributed by atoms with Crippen molar-refractivity contribution in [2.75, 3.05) is 12.4 Å². The monoisotopic (exact) mass is 371 g/mol. The van der Waals surface area contributed by atoms with Crippen molar-refractivity contribution in [3.63, 3.8) is 0 Å². The molecule has 0 fully saturated rings. The first kappa shape index (κ1) is 16.6. The molecule has 28 heavy (non-hydrogen) atoms. The molecule has 4 heterocycles. The lowest BCUT2D eigenvalue weighted by Gasteiger charge is -2.07. The topological polar surface area (TPSA) is 84.2 Å². The molecule has 7 heteroatoms. The average molecular weight is 371 g/mol. The zero-order valence-corrected chi connectivity index (χ0v) is 15.2. The van der Waals surface area contributed by atoms with Gasteiger partial charge in [-0.1, -0.05) is 6.07 Å². The molecule has 1 amide bonds. The molecule has 0 unspecified atom stereocenters. The molecule has 138 valence electrons. The Kier molecular flexibility index (Phi) is 3.87. The Balaban J connectivity index is 1.42. The number of anilines is 1. The number of benzene rings is 1. The molecule has 1 aliphatic rings. The van der Waals surface area contributed by atoms with E-state index in [0.29, 0.717) is 22.8 Å². The number of carbonyl (C=O) groups is 1. The van der Waals surface area contributed by atoms with Gasteiger partial charge >= 0.3 is 0 Å². The first-order valence-electron chi connectivity index (χ1n) is 8.93. The van der Waals surface area contributed by atoms with E-state index < -0.39 is 0 Å². The summed E-state index contributed by atoms with van der Waals surface area (Å²) < 4.78 is 5.30. The molecule has 0 aliphatic carbocycles. The minimum Gasteiger partial charge on any atom is -0.442 e. The third-order valence-electron chi connectivity index (χ3n) is 4.85. The van der Waals surface area contributed by atoms with Crippen LogP contribution in [0.2, 0.25) is 0 Å². The smallest absolute Gasteiger partial charge is 0.256 e. The van der Waals surface area contributed by atoms with Gasteiger partial charge in [0.15, 0.2) is 12.2 Å². The highest BCUT2D eigenvalue weighted by Crippen LogP contribution is 2.24. The maximum atomic E-state index is 12.7. The van der Waals surface area contributed by atoms with Gasteiger partial charge in [-0.25, -0.2) is 15.0 Å². The zero-order valence-electron chi connectivity index (χ0n) is 15.2. The van der Waals surface area contributed by atoms with Crippen LogP contribution in [0.5, 0.6) is 0 Å². The van der Waals surface area contributed by atoms with E-state index in [-0.39, 0.29) is 5.91 Å². The number of oxazole rings is 1. The molecule has 1 aromatic carbocycles. The van der Waals surface area contributed by atoms with Crippen LogP contribution in [-0.2, 0) is 13.1 Å². The molecule has 5 rings (SSSR count). The Labute approximate surface area is 161 Å². The SMILES string of the molecule is CN1Cc2ccc(C(=O)Nc3cc4nc(-c5cnco5)ccc4cn3)cc2C1. The molecule has 1 aliphatic heterocycles. The number of aromatic nitrogens is 3. The van der Waals surface area contributed by atoms with Crippen LogP contribution < -0.4 is 5.32 Å².